The van der Waals surface area contributed by atoms with Gasteiger partial charge in [0.2, 0.25) is 0 Å². The number of rotatable bonds is 3. The lowest BCUT2D eigenvalue weighted by Gasteiger charge is -2.35. The van der Waals surface area contributed by atoms with Gasteiger partial charge in [-0.15, -0.1) is 0 Å². The van der Waals surface area contributed by atoms with Crippen molar-refractivity contribution in [3.05, 3.63) is 28.8 Å². The van der Waals surface area contributed by atoms with Gasteiger partial charge in [-0.05, 0) is 69.8 Å². The zero-order valence-electron chi connectivity index (χ0n) is 13.5. The second-order valence-electron chi connectivity index (χ2n) is 6.72. The smallest absolute Gasteiger partial charge is 0.166 e. The molecule has 2 aliphatic rings. The third kappa shape index (κ3) is 2.48. The number of piperidine rings is 1. The molecule has 0 aromatic heterocycles. The number of benzene rings is 1. The SMILES string of the molecule is COc1cc(C)c(C(=O)C2CC3CCC(C2)N3C)cc1C. The first-order chi connectivity index (χ1) is 10.0. The fraction of sp³-hybridized carbons (Fsp3) is 0.611. The van der Waals surface area contributed by atoms with E-state index in [1.54, 1.807) is 7.11 Å². The van der Waals surface area contributed by atoms with Crippen molar-refractivity contribution in [2.75, 3.05) is 14.2 Å². The van der Waals surface area contributed by atoms with Crippen LogP contribution >= 0.6 is 0 Å². The Morgan fingerprint density at radius 1 is 1.14 bits per heavy atom. The number of ether oxygens (including phenoxy) is 1. The van der Waals surface area contributed by atoms with Gasteiger partial charge in [0.1, 0.15) is 5.75 Å². The quantitative estimate of drug-likeness (QED) is 0.798. The van der Waals surface area contributed by atoms with Crippen molar-refractivity contribution in [1.29, 1.82) is 0 Å². The summed E-state index contributed by atoms with van der Waals surface area (Å²) < 4.78 is 5.35. The fourth-order valence-corrected chi connectivity index (χ4v) is 4.12. The van der Waals surface area contributed by atoms with E-state index in [0.29, 0.717) is 17.9 Å². The van der Waals surface area contributed by atoms with Gasteiger partial charge in [0.15, 0.2) is 5.78 Å². The Labute approximate surface area is 127 Å². The molecule has 0 spiro atoms. The first kappa shape index (κ1) is 14.6. The van der Waals surface area contributed by atoms with E-state index in [1.165, 1.54) is 12.8 Å². The Morgan fingerprint density at radius 2 is 1.76 bits per heavy atom. The Hall–Kier alpha value is -1.35. The Kier molecular flexibility index (Phi) is 3.78. The minimum absolute atomic E-state index is 0.199. The second-order valence-corrected chi connectivity index (χ2v) is 6.72. The molecular formula is C18H25NO2. The molecule has 1 aromatic carbocycles. The summed E-state index contributed by atoms with van der Waals surface area (Å²) in [6.07, 6.45) is 4.56. The van der Waals surface area contributed by atoms with Gasteiger partial charge in [0.25, 0.3) is 0 Å². The summed E-state index contributed by atoms with van der Waals surface area (Å²) in [5, 5.41) is 0. The van der Waals surface area contributed by atoms with Crippen LogP contribution in [0.5, 0.6) is 5.75 Å². The lowest BCUT2D eigenvalue weighted by molar-refractivity contribution is 0.0766. The van der Waals surface area contributed by atoms with Crippen LogP contribution < -0.4 is 4.74 Å². The number of carbonyl (C=O) groups is 1. The molecule has 2 bridgehead atoms. The molecule has 0 amide bonds. The summed E-state index contributed by atoms with van der Waals surface area (Å²) in [5.74, 6) is 1.40. The van der Waals surface area contributed by atoms with Gasteiger partial charge in [0, 0.05) is 23.6 Å². The summed E-state index contributed by atoms with van der Waals surface area (Å²) in [6.45, 7) is 4.02. The van der Waals surface area contributed by atoms with E-state index in [-0.39, 0.29) is 5.92 Å². The topological polar surface area (TPSA) is 29.5 Å². The summed E-state index contributed by atoms with van der Waals surface area (Å²) in [6, 6.07) is 5.22. The minimum Gasteiger partial charge on any atom is -0.496 e. The molecule has 2 heterocycles. The van der Waals surface area contributed by atoms with Gasteiger partial charge in [-0.25, -0.2) is 0 Å². The number of carbonyl (C=O) groups excluding carboxylic acids is 1. The van der Waals surface area contributed by atoms with Crippen molar-refractivity contribution in [2.45, 2.75) is 51.6 Å². The number of nitrogens with zero attached hydrogens (tertiary/aromatic N) is 1. The number of aryl methyl sites for hydroxylation is 2. The average Bonchev–Trinajstić information content (AvgIpc) is 2.69. The fourth-order valence-electron chi connectivity index (χ4n) is 4.12. The maximum atomic E-state index is 12.9. The van der Waals surface area contributed by atoms with Crippen LogP contribution in [-0.2, 0) is 0 Å². The number of fused-ring (bicyclic) bond motifs is 2. The van der Waals surface area contributed by atoms with Crippen LogP contribution in [0.15, 0.2) is 12.1 Å². The molecule has 0 radical (unpaired) electrons. The number of Topliss-reactive ketones (excluding diaryl/α,β-unsaturated/α-hetero) is 1. The number of hydrogen-bond donors (Lipinski definition) is 0. The zero-order chi connectivity index (χ0) is 15.1. The molecule has 2 atom stereocenters. The van der Waals surface area contributed by atoms with Crippen molar-refractivity contribution < 1.29 is 9.53 Å². The zero-order valence-corrected chi connectivity index (χ0v) is 13.5. The predicted octanol–water partition coefficient (Wildman–Crippen LogP) is 3.37. The normalized spacial score (nSPS) is 28.7. The highest BCUT2D eigenvalue weighted by Crippen LogP contribution is 2.39. The highest BCUT2D eigenvalue weighted by atomic mass is 16.5. The number of hydrogen-bond acceptors (Lipinski definition) is 3. The molecule has 0 aliphatic carbocycles. The van der Waals surface area contributed by atoms with E-state index in [1.807, 2.05) is 26.0 Å². The molecule has 0 N–H and O–H groups in total. The van der Waals surface area contributed by atoms with Crippen molar-refractivity contribution in [2.24, 2.45) is 5.92 Å². The van der Waals surface area contributed by atoms with Crippen molar-refractivity contribution >= 4 is 5.78 Å². The average molecular weight is 287 g/mol. The van der Waals surface area contributed by atoms with Crippen LogP contribution in [0.25, 0.3) is 0 Å². The molecular weight excluding hydrogens is 262 g/mol. The monoisotopic (exact) mass is 287 g/mol. The molecule has 3 rings (SSSR count). The van der Waals surface area contributed by atoms with Gasteiger partial charge >= 0.3 is 0 Å². The molecule has 2 unspecified atom stereocenters. The molecule has 21 heavy (non-hydrogen) atoms. The highest BCUT2D eigenvalue weighted by Gasteiger charge is 2.41. The van der Waals surface area contributed by atoms with E-state index in [0.717, 1.165) is 35.3 Å². The summed E-state index contributed by atoms with van der Waals surface area (Å²) >= 11 is 0. The van der Waals surface area contributed by atoms with E-state index >= 15 is 0 Å². The standard InChI is InChI=1S/C18H25NO2/c1-11-8-17(21-4)12(2)7-16(11)18(20)13-9-14-5-6-15(10-13)19(14)3/h7-8,13-15H,5-6,9-10H2,1-4H3. The minimum atomic E-state index is 0.199. The first-order valence-electron chi connectivity index (χ1n) is 7.92. The van der Waals surface area contributed by atoms with E-state index in [4.69, 9.17) is 4.74 Å². The molecule has 2 aliphatic heterocycles. The highest BCUT2D eigenvalue weighted by molar-refractivity contribution is 5.99. The van der Waals surface area contributed by atoms with Crippen molar-refractivity contribution in [1.82, 2.24) is 4.90 Å². The van der Waals surface area contributed by atoms with E-state index in [2.05, 4.69) is 11.9 Å². The van der Waals surface area contributed by atoms with Crippen LogP contribution in [0.2, 0.25) is 0 Å². The van der Waals surface area contributed by atoms with Gasteiger partial charge < -0.3 is 9.64 Å². The van der Waals surface area contributed by atoms with Gasteiger partial charge in [-0.3, -0.25) is 4.79 Å². The first-order valence-corrected chi connectivity index (χ1v) is 7.92. The predicted molar refractivity (Wildman–Crippen MR) is 84.1 cm³/mol. The van der Waals surface area contributed by atoms with Crippen LogP contribution in [0, 0.1) is 19.8 Å². The van der Waals surface area contributed by atoms with Crippen LogP contribution in [0.4, 0.5) is 0 Å². The summed E-state index contributed by atoms with van der Waals surface area (Å²) in [5.41, 5.74) is 2.97. The van der Waals surface area contributed by atoms with Crippen LogP contribution in [0.1, 0.15) is 47.2 Å². The lowest BCUT2D eigenvalue weighted by Crippen LogP contribution is -2.42. The Bertz CT molecular complexity index is 553. The largest absolute Gasteiger partial charge is 0.496 e. The maximum absolute atomic E-state index is 12.9. The molecule has 2 fully saturated rings. The van der Waals surface area contributed by atoms with Crippen molar-refractivity contribution in [3.63, 3.8) is 0 Å². The van der Waals surface area contributed by atoms with Gasteiger partial charge in [-0.2, -0.15) is 0 Å². The summed E-state index contributed by atoms with van der Waals surface area (Å²) in [4.78, 5) is 15.4. The second kappa shape index (κ2) is 5.45. The summed E-state index contributed by atoms with van der Waals surface area (Å²) in [7, 11) is 3.89. The van der Waals surface area contributed by atoms with Gasteiger partial charge in [-0.1, -0.05) is 0 Å². The van der Waals surface area contributed by atoms with Crippen molar-refractivity contribution in [3.8, 4) is 5.75 Å². The van der Waals surface area contributed by atoms with E-state index < -0.39 is 0 Å². The molecule has 0 saturated carbocycles. The number of methoxy groups -OCH3 is 1. The van der Waals surface area contributed by atoms with Gasteiger partial charge in [0.05, 0.1) is 7.11 Å². The third-order valence-corrected chi connectivity index (χ3v) is 5.48. The molecule has 114 valence electrons. The molecule has 3 nitrogen and oxygen atoms in total. The molecule has 2 saturated heterocycles. The lowest BCUT2D eigenvalue weighted by atomic mass is 9.83. The maximum Gasteiger partial charge on any atom is 0.166 e. The van der Waals surface area contributed by atoms with Crippen LogP contribution in [-0.4, -0.2) is 36.9 Å². The Balaban J connectivity index is 1.85. The Morgan fingerprint density at radius 3 is 2.33 bits per heavy atom. The molecule has 3 heteroatoms. The van der Waals surface area contributed by atoms with Crippen LogP contribution in [0.3, 0.4) is 0 Å². The third-order valence-electron chi connectivity index (χ3n) is 5.48. The molecule has 1 aromatic rings. The van der Waals surface area contributed by atoms with E-state index in [9.17, 15) is 4.79 Å². The number of ketones is 1.